The fraction of sp³-hybridized carbons (Fsp3) is 0.545. The van der Waals surface area contributed by atoms with Gasteiger partial charge in [0.2, 0.25) is 11.8 Å². The van der Waals surface area contributed by atoms with Crippen LogP contribution in [0.4, 0.5) is 0 Å². The standard InChI is InChI=1S/C22H29N3O3/c26-15-14-24-12-4-10-22(21(24)28)11-5-13-25(22)20(27)9-3-6-17-16-23-19-8-2-1-7-18(17)19/h1-2,7-8,16,23,26H,3-6,9-15H2. The van der Waals surface area contributed by atoms with E-state index in [4.69, 9.17) is 0 Å². The minimum absolute atomic E-state index is 0.0274. The van der Waals surface area contributed by atoms with Gasteiger partial charge in [-0.05, 0) is 50.2 Å². The molecule has 2 aliphatic rings. The molecule has 6 nitrogen and oxygen atoms in total. The number of hydrogen-bond donors (Lipinski definition) is 2. The Labute approximate surface area is 165 Å². The van der Waals surface area contributed by atoms with Crippen molar-refractivity contribution in [1.82, 2.24) is 14.8 Å². The third-order valence-corrected chi connectivity index (χ3v) is 6.38. The van der Waals surface area contributed by atoms with Crippen molar-refractivity contribution in [3.8, 4) is 0 Å². The molecule has 1 aromatic carbocycles. The number of rotatable bonds is 6. The van der Waals surface area contributed by atoms with Gasteiger partial charge in [0.25, 0.3) is 0 Å². The van der Waals surface area contributed by atoms with Crippen molar-refractivity contribution < 1.29 is 14.7 Å². The van der Waals surface area contributed by atoms with Crippen LogP contribution in [-0.2, 0) is 16.0 Å². The molecule has 0 bridgehead atoms. The van der Waals surface area contributed by atoms with E-state index in [-0.39, 0.29) is 18.4 Å². The van der Waals surface area contributed by atoms with E-state index in [1.54, 1.807) is 4.90 Å². The van der Waals surface area contributed by atoms with E-state index in [0.717, 1.165) is 44.0 Å². The van der Waals surface area contributed by atoms with Gasteiger partial charge in [-0.15, -0.1) is 0 Å². The molecule has 0 aliphatic carbocycles. The van der Waals surface area contributed by atoms with Gasteiger partial charge < -0.3 is 19.9 Å². The fourth-order valence-corrected chi connectivity index (χ4v) is 5.03. The fourth-order valence-electron chi connectivity index (χ4n) is 5.03. The van der Waals surface area contributed by atoms with Crippen LogP contribution in [-0.4, -0.2) is 63.5 Å². The molecular weight excluding hydrogens is 354 g/mol. The number of aromatic nitrogens is 1. The average molecular weight is 383 g/mol. The summed E-state index contributed by atoms with van der Waals surface area (Å²) in [6.45, 7) is 1.69. The lowest BCUT2D eigenvalue weighted by molar-refractivity contribution is -0.155. The van der Waals surface area contributed by atoms with Gasteiger partial charge in [0.1, 0.15) is 5.54 Å². The number of β-amino-alcohol motifs (C(OH)–C–C–N with tert-alkyl or cyclic N) is 1. The molecule has 0 radical (unpaired) electrons. The minimum Gasteiger partial charge on any atom is -0.395 e. The van der Waals surface area contributed by atoms with Gasteiger partial charge in [0.05, 0.1) is 6.61 Å². The van der Waals surface area contributed by atoms with E-state index in [9.17, 15) is 14.7 Å². The summed E-state index contributed by atoms with van der Waals surface area (Å²) in [6, 6.07) is 8.21. The first-order valence-electron chi connectivity index (χ1n) is 10.4. The molecule has 2 saturated heterocycles. The summed E-state index contributed by atoms with van der Waals surface area (Å²) >= 11 is 0. The van der Waals surface area contributed by atoms with Gasteiger partial charge in [-0.2, -0.15) is 0 Å². The summed E-state index contributed by atoms with van der Waals surface area (Å²) in [6.07, 6.45) is 7.41. The highest BCUT2D eigenvalue weighted by Crippen LogP contribution is 2.38. The number of nitrogens with zero attached hydrogens (tertiary/aromatic N) is 2. The first-order chi connectivity index (χ1) is 13.7. The molecule has 1 unspecified atom stereocenters. The summed E-state index contributed by atoms with van der Waals surface area (Å²) in [5.74, 6) is 0.131. The Morgan fingerprint density at radius 1 is 1.18 bits per heavy atom. The van der Waals surface area contributed by atoms with Crippen LogP contribution in [0.1, 0.15) is 44.1 Å². The smallest absolute Gasteiger partial charge is 0.248 e. The number of likely N-dealkylation sites (tertiary alicyclic amines) is 2. The van der Waals surface area contributed by atoms with E-state index in [1.165, 1.54) is 10.9 Å². The number of piperidine rings is 1. The van der Waals surface area contributed by atoms with Gasteiger partial charge >= 0.3 is 0 Å². The highest BCUT2D eigenvalue weighted by molar-refractivity contribution is 5.92. The maximum absolute atomic E-state index is 13.1. The predicted molar refractivity (Wildman–Crippen MR) is 108 cm³/mol. The Bertz CT molecular complexity index is 860. The molecule has 3 heterocycles. The second-order valence-electron chi connectivity index (χ2n) is 8.01. The molecular formula is C22H29N3O3. The summed E-state index contributed by atoms with van der Waals surface area (Å²) in [7, 11) is 0. The Morgan fingerprint density at radius 2 is 1.96 bits per heavy atom. The van der Waals surface area contributed by atoms with Crippen LogP contribution in [0.5, 0.6) is 0 Å². The van der Waals surface area contributed by atoms with Crippen molar-refractivity contribution in [2.75, 3.05) is 26.2 Å². The van der Waals surface area contributed by atoms with Gasteiger partial charge in [-0.25, -0.2) is 0 Å². The molecule has 4 rings (SSSR count). The molecule has 0 saturated carbocycles. The first-order valence-corrected chi connectivity index (χ1v) is 10.4. The number of hydrogen-bond acceptors (Lipinski definition) is 3. The monoisotopic (exact) mass is 383 g/mol. The summed E-state index contributed by atoms with van der Waals surface area (Å²) in [4.78, 5) is 33.0. The van der Waals surface area contributed by atoms with Gasteiger partial charge in [-0.3, -0.25) is 9.59 Å². The second-order valence-corrected chi connectivity index (χ2v) is 8.01. The molecule has 2 aliphatic heterocycles. The van der Waals surface area contributed by atoms with Crippen LogP contribution in [0.3, 0.4) is 0 Å². The normalized spacial score (nSPS) is 22.5. The number of aliphatic hydroxyl groups excluding tert-OH is 1. The van der Waals surface area contributed by atoms with Crippen molar-refractivity contribution in [2.24, 2.45) is 0 Å². The van der Waals surface area contributed by atoms with Crippen molar-refractivity contribution in [3.63, 3.8) is 0 Å². The maximum atomic E-state index is 13.1. The zero-order valence-electron chi connectivity index (χ0n) is 16.3. The molecule has 1 aromatic heterocycles. The number of H-pyrrole nitrogens is 1. The van der Waals surface area contributed by atoms with E-state index < -0.39 is 5.54 Å². The Kier molecular flexibility index (Phi) is 5.40. The second kappa shape index (κ2) is 7.95. The van der Waals surface area contributed by atoms with Gasteiger partial charge in [-0.1, -0.05) is 18.2 Å². The quantitative estimate of drug-likeness (QED) is 0.805. The minimum atomic E-state index is -0.661. The largest absolute Gasteiger partial charge is 0.395 e. The molecule has 2 amide bonds. The predicted octanol–water partition coefficient (Wildman–Crippen LogP) is 2.47. The SMILES string of the molecule is O=C(CCCc1c[nH]c2ccccc12)N1CCCC12CCCN(CCO)C2=O. The Hall–Kier alpha value is -2.34. The van der Waals surface area contributed by atoms with Crippen molar-refractivity contribution in [2.45, 2.75) is 50.5 Å². The van der Waals surface area contributed by atoms with Gasteiger partial charge in [0, 0.05) is 43.2 Å². The molecule has 2 fully saturated rings. The van der Waals surface area contributed by atoms with Crippen LogP contribution < -0.4 is 0 Å². The number of benzene rings is 1. The number of carbonyl (C=O) groups is 2. The molecule has 1 atom stereocenters. The molecule has 6 heteroatoms. The summed E-state index contributed by atoms with van der Waals surface area (Å²) < 4.78 is 0. The molecule has 2 aromatic rings. The topological polar surface area (TPSA) is 76.6 Å². The molecule has 2 N–H and O–H groups in total. The number of nitrogens with one attached hydrogen (secondary N) is 1. The summed E-state index contributed by atoms with van der Waals surface area (Å²) in [5.41, 5.74) is 1.70. The third-order valence-electron chi connectivity index (χ3n) is 6.38. The van der Waals surface area contributed by atoms with Gasteiger partial charge in [0.15, 0.2) is 0 Å². The average Bonchev–Trinajstić information content (AvgIpc) is 3.31. The van der Waals surface area contributed by atoms with Crippen LogP contribution in [0.15, 0.2) is 30.5 Å². The van der Waals surface area contributed by atoms with E-state index in [0.29, 0.717) is 26.1 Å². The van der Waals surface area contributed by atoms with Crippen LogP contribution in [0.2, 0.25) is 0 Å². The maximum Gasteiger partial charge on any atom is 0.248 e. The van der Waals surface area contributed by atoms with Crippen LogP contribution in [0, 0.1) is 0 Å². The lowest BCUT2D eigenvalue weighted by Crippen LogP contribution is -2.61. The van der Waals surface area contributed by atoms with Crippen LogP contribution in [0.25, 0.3) is 10.9 Å². The molecule has 28 heavy (non-hydrogen) atoms. The number of para-hydroxylation sites is 1. The van der Waals surface area contributed by atoms with E-state index >= 15 is 0 Å². The summed E-state index contributed by atoms with van der Waals surface area (Å²) in [5, 5.41) is 10.5. The van der Waals surface area contributed by atoms with Crippen molar-refractivity contribution in [1.29, 1.82) is 0 Å². The Morgan fingerprint density at radius 3 is 2.79 bits per heavy atom. The molecule has 150 valence electrons. The van der Waals surface area contributed by atoms with E-state index in [2.05, 4.69) is 17.1 Å². The van der Waals surface area contributed by atoms with E-state index in [1.807, 2.05) is 23.2 Å². The third kappa shape index (κ3) is 3.30. The lowest BCUT2D eigenvalue weighted by atomic mass is 9.85. The molecule has 1 spiro atoms. The highest BCUT2D eigenvalue weighted by Gasteiger charge is 2.52. The number of amides is 2. The first kappa shape index (κ1) is 19.0. The number of fused-ring (bicyclic) bond motifs is 1. The lowest BCUT2D eigenvalue weighted by Gasteiger charge is -2.44. The Balaban J connectivity index is 1.40. The number of aliphatic hydroxyl groups is 1. The number of carbonyl (C=O) groups excluding carboxylic acids is 2. The number of aromatic amines is 1. The number of aryl methyl sites for hydroxylation is 1. The van der Waals surface area contributed by atoms with Crippen molar-refractivity contribution in [3.05, 3.63) is 36.0 Å². The zero-order valence-corrected chi connectivity index (χ0v) is 16.3. The zero-order chi connectivity index (χ0) is 19.6. The highest BCUT2D eigenvalue weighted by atomic mass is 16.3. The van der Waals surface area contributed by atoms with Crippen molar-refractivity contribution >= 4 is 22.7 Å². The van der Waals surface area contributed by atoms with Crippen LogP contribution >= 0.6 is 0 Å².